The zero-order chi connectivity index (χ0) is 17.9. The van der Waals surface area contributed by atoms with Crippen molar-refractivity contribution >= 4 is 11.9 Å². The van der Waals surface area contributed by atoms with Crippen molar-refractivity contribution in [1.29, 1.82) is 0 Å². The Labute approximate surface area is 139 Å². The molecular formula is C18H19NO5. The fraction of sp³-hybridized carbons (Fsp3) is 0.222. The number of carbonyl (C=O) groups is 2. The van der Waals surface area contributed by atoms with Crippen LogP contribution in [-0.2, 0) is 4.79 Å². The number of phenolic OH excluding ortho intramolecular Hbond substituents is 1. The SMILES string of the molecule is Cc1cc(Oc2cc(C)c(C(=O)NCC(=O)O)cc2C)ccc1O. The number of hydrogen-bond donors (Lipinski definition) is 3. The molecule has 0 aromatic heterocycles. The van der Waals surface area contributed by atoms with E-state index in [1.807, 2.05) is 0 Å². The first kappa shape index (κ1) is 17.3. The summed E-state index contributed by atoms with van der Waals surface area (Å²) in [5, 5.41) is 20.5. The predicted molar refractivity (Wildman–Crippen MR) is 88.8 cm³/mol. The van der Waals surface area contributed by atoms with E-state index < -0.39 is 18.4 Å². The van der Waals surface area contributed by atoms with Gasteiger partial charge in [-0.15, -0.1) is 0 Å². The molecule has 0 fully saturated rings. The number of nitrogens with one attached hydrogen (secondary N) is 1. The van der Waals surface area contributed by atoms with Gasteiger partial charge in [0.25, 0.3) is 5.91 Å². The lowest BCUT2D eigenvalue weighted by atomic mass is 10.0. The molecule has 1 amide bonds. The third kappa shape index (κ3) is 4.04. The highest BCUT2D eigenvalue weighted by Gasteiger charge is 2.14. The summed E-state index contributed by atoms with van der Waals surface area (Å²) in [4.78, 5) is 22.6. The highest BCUT2D eigenvalue weighted by atomic mass is 16.5. The number of aromatic hydroxyl groups is 1. The number of amides is 1. The van der Waals surface area contributed by atoms with E-state index in [-0.39, 0.29) is 5.75 Å². The quantitative estimate of drug-likeness (QED) is 0.784. The molecule has 24 heavy (non-hydrogen) atoms. The molecular weight excluding hydrogens is 310 g/mol. The molecule has 2 aromatic rings. The minimum absolute atomic E-state index is 0.195. The number of aryl methyl sites for hydroxylation is 3. The van der Waals surface area contributed by atoms with E-state index in [1.54, 1.807) is 51.1 Å². The van der Waals surface area contributed by atoms with Crippen LogP contribution < -0.4 is 10.1 Å². The van der Waals surface area contributed by atoms with E-state index in [2.05, 4.69) is 5.32 Å². The normalized spacial score (nSPS) is 10.3. The maximum absolute atomic E-state index is 12.0. The summed E-state index contributed by atoms with van der Waals surface area (Å²) in [5.74, 6) is -0.172. The highest BCUT2D eigenvalue weighted by Crippen LogP contribution is 2.30. The molecule has 0 saturated carbocycles. The van der Waals surface area contributed by atoms with Crippen molar-refractivity contribution < 1.29 is 24.5 Å². The molecule has 126 valence electrons. The Morgan fingerprint density at radius 2 is 1.75 bits per heavy atom. The predicted octanol–water partition coefficient (Wildman–Crippen LogP) is 2.92. The Hall–Kier alpha value is -3.02. The first-order chi connectivity index (χ1) is 11.3. The lowest BCUT2D eigenvalue weighted by Crippen LogP contribution is -2.29. The molecule has 0 unspecified atom stereocenters. The Balaban J connectivity index is 2.24. The molecule has 0 aliphatic rings. The number of carbonyl (C=O) groups excluding carboxylic acids is 1. The van der Waals surface area contributed by atoms with Gasteiger partial charge >= 0.3 is 5.97 Å². The maximum Gasteiger partial charge on any atom is 0.322 e. The largest absolute Gasteiger partial charge is 0.508 e. The molecule has 2 aromatic carbocycles. The standard InChI is InChI=1S/C18H19NO5/c1-10-8-16(24-13-4-5-15(20)11(2)6-13)12(3)7-14(10)18(23)19-9-17(21)22/h4-8,20H,9H2,1-3H3,(H,19,23)(H,21,22). The topological polar surface area (TPSA) is 95.9 Å². The molecule has 6 nitrogen and oxygen atoms in total. The first-order valence-corrected chi connectivity index (χ1v) is 7.36. The summed E-state index contributed by atoms with van der Waals surface area (Å²) >= 11 is 0. The average molecular weight is 329 g/mol. The van der Waals surface area contributed by atoms with Gasteiger partial charge in [-0.05, 0) is 67.8 Å². The van der Waals surface area contributed by atoms with Crippen LogP contribution in [0.3, 0.4) is 0 Å². The average Bonchev–Trinajstić information content (AvgIpc) is 2.51. The van der Waals surface area contributed by atoms with Crippen LogP contribution in [0, 0.1) is 20.8 Å². The van der Waals surface area contributed by atoms with E-state index in [4.69, 9.17) is 9.84 Å². The monoisotopic (exact) mass is 329 g/mol. The van der Waals surface area contributed by atoms with Gasteiger partial charge in [0.2, 0.25) is 0 Å². The van der Waals surface area contributed by atoms with Gasteiger partial charge < -0.3 is 20.3 Å². The lowest BCUT2D eigenvalue weighted by molar-refractivity contribution is -0.135. The maximum atomic E-state index is 12.0. The van der Waals surface area contributed by atoms with Gasteiger partial charge in [0.1, 0.15) is 23.8 Å². The van der Waals surface area contributed by atoms with Gasteiger partial charge in [-0.2, -0.15) is 0 Å². The fourth-order valence-electron chi connectivity index (χ4n) is 2.21. The third-order valence-corrected chi connectivity index (χ3v) is 3.56. The van der Waals surface area contributed by atoms with Crippen molar-refractivity contribution in [3.8, 4) is 17.2 Å². The summed E-state index contributed by atoms with van der Waals surface area (Å²) in [7, 11) is 0. The van der Waals surface area contributed by atoms with E-state index in [0.717, 1.165) is 5.56 Å². The Kier molecular flexibility index (Phi) is 5.08. The van der Waals surface area contributed by atoms with E-state index >= 15 is 0 Å². The van der Waals surface area contributed by atoms with Gasteiger partial charge in [-0.25, -0.2) is 0 Å². The summed E-state index contributed by atoms with van der Waals surface area (Å²) in [6.45, 7) is 4.90. The van der Waals surface area contributed by atoms with Crippen molar-refractivity contribution in [2.75, 3.05) is 6.54 Å². The van der Waals surface area contributed by atoms with E-state index in [9.17, 15) is 14.7 Å². The number of carboxylic acids is 1. The van der Waals surface area contributed by atoms with Crippen molar-refractivity contribution in [1.82, 2.24) is 5.32 Å². The van der Waals surface area contributed by atoms with Crippen LogP contribution in [0.15, 0.2) is 30.3 Å². The van der Waals surface area contributed by atoms with Gasteiger partial charge in [0.05, 0.1) is 0 Å². The highest BCUT2D eigenvalue weighted by molar-refractivity contribution is 5.97. The molecule has 0 bridgehead atoms. The fourth-order valence-corrected chi connectivity index (χ4v) is 2.21. The molecule has 3 N–H and O–H groups in total. The number of benzene rings is 2. The molecule has 6 heteroatoms. The first-order valence-electron chi connectivity index (χ1n) is 7.36. The number of rotatable bonds is 5. The van der Waals surface area contributed by atoms with E-state index in [0.29, 0.717) is 28.2 Å². The Morgan fingerprint density at radius 3 is 2.38 bits per heavy atom. The third-order valence-electron chi connectivity index (χ3n) is 3.56. The van der Waals surface area contributed by atoms with Crippen LogP contribution in [0.25, 0.3) is 0 Å². The van der Waals surface area contributed by atoms with Crippen LogP contribution in [0.5, 0.6) is 17.2 Å². The van der Waals surface area contributed by atoms with E-state index in [1.165, 1.54) is 0 Å². The van der Waals surface area contributed by atoms with Gasteiger partial charge in [0, 0.05) is 5.56 Å². The number of ether oxygens (including phenoxy) is 1. The Bertz CT molecular complexity index is 798. The molecule has 0 saturated heterocycles. The summed E-state index contributed by atoms with van der Waals surface area (Å²) in [6.07, 6.45) is 0. The molecule has 0 heterocycles. The number of phenols is 1. The second-order valence-electron chi connectivity index (χ2n) is 5.56. The van der Waals surface area contributed by atoms with Crippen molar-refractivity contribution in [3.05, 3.63) is 52.6 Å². The molecule has 0 spiro atoms. The number of carboxylic acid groups (broad SMARTS) is 1. The van der Waals surface area contributed by atoms with Gasteiger partial charge in [-0.1, -0.05) is 0 Å². The van der Waals surface area contributed by atoms with Gasteiger partial charge in [0.15, 0.2) is 0 Å². The second kappa shape index (κ2) is 7.04. The molecule has 0 radical (unpaired) electrons. The Morgan fingerprint density at radius 1 is 1.04 bits per heavy atom. The van der Waals surface area contributed by atoms with Crippen molar-refractivity contribution in [3.63, 3.8) is 0 Å². The zero-order valence-corrected chi connectivity index (χ0v) is 13.7. The molecule has 0 aliphatic carbocycles. The smallest absolute Gasteiger partial charge is 0.322 e. The summed E-state index contributed by atoms with van der Waals surface area (Å²) in [5.41, 5.74) is 2.52. The van der Waals surface area contributed by atoms with Crippen LogP contribution in [0.1, 0.15) is 27.0 Å². The van der Waals surface area contributed by atoms with Crippen LogP contribution in [0.2, 0.25) is 0 Å². The number of aliphatic carboxylic acids is 1. The van der Waals surface area contributed by atoms with Crippen LogP contribution in [0.4, 0.5) is 0 Å². The molecule has 2 rings (SSSR count). The molecule has 0 atom stereocenters. The molecule has 0 aliphatic heterocycles. The minimum atomic E-state index is -1.10. The summed E-state index contributed by atoms with van der Waals surface area (Å²) in [6, 6.07) is 8.32. The second-order valence-corrected chi connectivity index (χ2v) is 5.56. The summed E-state index contributed by atoms with van der Waals surface area (Å²) < 4.78 is 5.82. The van der Waals surface area contributed by atoms with Crippen molar-refractivity contribution in [2.24, 2.45) is 0 Å². The zero-order valence-electron chi connectivity index (χ0n) is 13.7. The van der Waals surface area contributed by atoms with Crippen LogP contribution in [-0.4, -0.2) is 28.6 Å². The lowest BCUT2D eigenvalue weighted by Gasteiger charge is -2.13. The minimum Gasteiger partial charge on any atom is -0.508 e. The van der Waals surface area contributed by atoms with Gasteiger partial charge in [-0.3, -0.25) is 9.59 Å². The van der Waals surface area contributed by atoms with Crippen LogP contribution >= 0.6 is 0 Å². The van der Waals surface area contributed by atoms with Crippen molar-refractivity contribution in [2.45, 2.75) is 20.8 Å². The number of hydrogen-bond acceptors (Lipinski definition) is 4.